The number of quaternary nitrogens is 2. The second-order valence-electron chi connectivity index (χ2n) is 6.90. The van der Waals surface area contributed by atoms with E-state index in [2.05, 4.69) is 31.7 Å². The first-order valence-electron chi connectivity index (χ1n) is 7.34. The fourth-order valence-electron chi connectivity index (χ4n) is 1.50. The Hall–Kier alpha value is -0.690. The number of nitrogens with zero attached hydrogens (tertiary/aromatic N) is 2. The largest absolute Gasteiger partial charge is 0.376 e. The van der Waals surface area contributed by atoms with Crippen LogP contribution in [-0.2, 0) is 9.53 Å². The van der Waals surface area contributed by atoms with E-state index in [1.165, 1.54) is 0 Å². The van der Waals surface area contributed by atoms with Crippen molar-refractivity contribution in [2.45, 2.75) is 13.3 Å². The number of likely N-dealkylation sites (N-methyl/N-ethyl adjacent to an activating group) is 1. The molecule has 120 valence electrons. The third-order valence-corrected chi connectivity index (χ3v) is 2.77. The predicted octanol–water partition coefficient (Wildman–Crippen LogP) is -0.184. The van der Waals surface area contributed by atoms with Crippen LogP contribution >= 0.6 is 0 Å². The van der Waals surface area contributed by atoms with Gasteiger partial charge in [-0.15, -0.1) is 0 Å². The molecule has 0 aliphatic rings. The molecule has 0 aromatic carbocycles. The maximum Gasteiger partial charge on any atom is 0.238 e. The van der Waals surface area contributed by atoms with Gasteiger partial charge in [-0.05, 0) is 6.42 Å². The van der Waals surface area contributed by atoms with Gasteiger partial charge in [-0.2, -0.15) is 0 Å². The van der Waals surface area contributed by atoms with Crippen LogP contribution in [0.2, 0.25) is 0 Å². The normalized spacial score (nSPS) is 12.5. The molecule has 0 aromatic heterocycles. The number of rotatable bonds is 11. The third-order valence-electron chi connectivity index (χ3n) is 2.77. The molecule has 0 saturated carbocycles. The molecule has 0 unspecified atom stereocenters. The van der Waals surface area contributed by atoms with E-state index in [1.807, 2.05) is 21.1 Å². The van der Waals surface area contributed by atoms with Crippen LogP contribution in [0.1, 0.15) is 13.3 Å². The summed E-state index contributed by atoms with van der Waals surface area (Å²) in [5.74, 6) is 0.0419. The summed E-state index contributed by atoms with van der Waals surface area (Å²) >= 11 is 0. The fourth-order valence-corrected chi connectivity index (χ4v) is 1.50. The molecule has 0 atom stereocenters. The van der Waals surface area contributed by atoms with Gasteiger partial charge in [0.05, 0.1) is 48.4 Å². The molecule has 20 heavy (non-hydrogen) atoms. The van der Waals surface area contributed by atoms with Gasteiger partial charge in [-0.3, -0.25) is 10.1 Å². The van der Waals surface area contributed by atoms with Gasteiger partial charge in [-0.1, -0.05) is 6.92 Å². The molecule has 0 bridgehead atoms. The van der Waals surface area contributed by atoms with Gasteiger partial charge >= 0.3 is 0 Å². The Balaban J connectivity index is 3.72. The number of nitrogens with one attached hydrogen (secondary N) is 2. The molecule has 0 aliphatic carbocycles. The summed E-state index contributed by atoms with van der Waals surface area (Å²) in [5, 5.41) is 6.11. The van der Waals surface area contributed by atoms with Gasteiger partial charge in [0.2, 0.25) is 5.91 Å². The van der Waals surface area contributed by atoms with Gasteiger partial charge in [0.25, 0.3) is 0 Å². The molecule has 0 fully saturated rings. The van der Waals surface area contributed by atoms with E-state index in [0.29, 0.717) is 13.2 Å². The Kier molecular flexibility index (Phi) is 8.96. The lowest BCUT2D eigenvalue weighted by molar-refractivity contribution is -0.893. The minimum atomic E-state index is 0.0419. The van der Waals surface area contributed by atoms with Crippen LogP contribution in [0.3, 0.4) is 0 Å². The van der Waals surface area contributed by atoms with E-state index in [0.717, 1.165) is 41.8 Å². The summed E-state index contributed by atoms with van der Waals surface area (Å²) < 4.78 is 7.02. The number of ether oxygens (including phenoxy) is 1. The zero-order valence-electron chi connectivity index (χ0n) is 14.2. The van der Waals surface area contributed by atoms with Crippen molar-refractivity contribution in [1.29, 1.82) is 0 Å². The Labute approximate surface area is 124 Å². The Morgan fingerprint density at radius 2 is 1.70 bits per heavy atom. The maximum absolute atomic E-state index is 11.7. The van der Waals surface area contributed by atoms with E-state index >= 15 is 0 Å². The predicted molar refractivity (Wildman–Crippen MR) is 82.0 cm³/mol. The quantitative estimate of drug-likeness (QED) is 0.315. The maximum atomic E-state index is 11.7. The van der Waals surface area contributed by atoms with Crippen LogP contribution in [0.25, 0.3) is 0 Å². The van der Waals surface area contributed by atoms with Crippen LogP contribution in [0.4, 0.5) is 0 Å². The smallest absolute Gasteiger partial charge is 0.238 e. The molecular formula is C14H34N4O2+2. The first kappa shape index (κ1) is 19.3. The van der Waals surface area contributed by atoms with Crippen molar-refractivity contribution in [1.82, 2.24) is 10.6 Å². The van der Waals surface area contributed by atoms with Gasteiger partial charge in [0, 0.05) is 6.61 Å². The zero-order valence-corrected chi connectivity index (χ0v) is 14.2. The lowest BCUT2D eigenvalue weighted by Crippen LogP contribution is -2.52. The standard InChI is InChI=1S/C14H33N4O2/c1-7-9-20-10-8-18(5,6)12-15-11-14(19)16-13-17(2,3)4/h15H,7-13H2,1-6H3/q+1/p+1. The topological polar surface area (TPSA) is 50.4 Å². The number of carbonyl (C=O) groups excluding carboxylic acids is 1. The third kappa shape index (κ3) is 12.3. The van der Waals surface area contributed by atoms with E-state index in [1.54, 1.807) is 0 Å². The summed E-state index contributed by atoms with van der Waals surface area (Å²) in [5.41, 5.74) is 0. The molecule has 0 saturated heterocycles. The highest BCUT2D eigenvalue weighted by Gasteiger charge is 2.15. The van der Waals surface area contributed by atoms with Gasteiger partial charge in [-0.25, -0.2) is 0 Å². The molecule has 0 aromatic rings. The molecule has 0 spiro atoms. The van der Waals surface area contributed by atoms with Crippen LogP contribution < -0.4 is 10.6 Å². The SMILES string of the molecule is CCCOCC[N+](C)(C)CNCC(=O)NC[N+](C)(C)C. The summed E-state index contributed by atoms with van der Waals surface area (Å²) in [6.07, 6.45) is 1.05. The Bertz CT molecular complexity index is 275. The summed E-state index contributed by atoms with van der Waals surface area (Å²) in [4.78, 5) is 11.7. The molecule has 0 radical (unpaired) electrons. The molecule has 6 nitrogen and oxygen atoms in total. The van der Waals surface area contributed by atoms with E-state index < -0.39 is 0 Å². The summed E-state index contributed by atoms with van der Waals surface area (Å²) in [6.45, 7) is 6.38. The average molecular weight is 290 g/mol. The van der Waals surface area contributed by atoms with Crippen molar-refractivity contribution < 1.29 is 18.5 Å². The Morgan fingerprint density at radius 1 is 1.05 bits per heavy atom. The lowest BCUT2D eigenvalue weighted by atomic mass is 10.5. The van der Waals surface area contributed by atoms with Crippen molar-refractivity contribution in [3.8, 4) is 0 Å². The lowest BCUT2D eigenvalue weighted by Gasteiger charge is -2.30. The summed E-state index contributed by atoms with van der Waals surface area (Å²) in [7, 11) is 10.4. The highest BCUT2D eigenvalue weighted by Crippen LogP contribution is 1.94. The average Bonchev–Trinajstić information content (AvgIpc) is 2.31. The fraction of sp³-hybridized carbons (Fsp3) is 0.929. The molecular weight excluding hydrogens is 256 g/mol. The molecule has 2 N–H and O–H groups in total. The van der Waals surface area contributed by atoms with E-state index in [-0.39, 0.29) is 5.91 Å². The van der Waals surface area contributed by atoms with Crippen LogP contribution in [-0.4, -0.2) is 89.8 Å². The van der Waals surface area contributed by atoms with Crippen molar-refractivity contribution >= 4 is 5.91 Å². The van der Waals surface area contributed by atoms with Crippen molar-refractivity contribution in [3.05, 3.63) is 0 Å². The van der Waals surface area contributed by atoms with Crippen LogP contribution in [0.5, 0.6) is 0 Å². The van der Waals surface area contributed by atoms with E-state index in [4.69, 9.17) is 4.74 Å². The second kappa shape index (κ2) is 9.28. The van der Waals surface area contributed by atoms with Gasteiger partial charge < -0.3 is 19.0 Å². The molecule has 0 heterocycles. The van der Waals surface area contributed by atoms with Crippen molar-refractivity contribution in [3.63, 3.8) is 0 Å². The van der Waals surface area contributed by atoms with Crippen molar-refractivity contribution in [2.75, 3.05) is 74.9 Å². The van der Waals surface area contributed by atoms with Gasteiger partial charge in [0.1, 0.15) is 13.2 Å². The number of carbonyl (C=O) groups is 1. The highest BCUT2D eigenvalue weighted by molar-refractivity contribution is 5.77. The number of hydrogen-bond donors (Lipinski definition) is 2. The zero-order chi connectivity index (χ0) is 15.6. The van der Waals surface area contributed by atoms with E-state index in [9.17, 15) is 4.79 Å². The molecule has 0 rings (SSSR count). The molecule has 6 heteroatoms. The first-order chi connectivity index (χ1) is 9.16. The highest BCUT2D eigenvalue weighted by atomic mass is 16.5. The first-order valence-corrected chi connectivity index (χ1v) is 7.34. The monoisotopic (exact) mass is 290 g/mol. The second-order valence-corrected chi connectivity index (χ2v) is 6.90. The molecule has 0 aliphatic heterocycles. The van der Waals surface area contributed by atoms with Crippen molar-refractivity contribution in [2.24, 2.45) is 0 Å². The minimum Gasteiger partial charge on any atom is -0.376 e. The van der Waals surface area contributed by atoms with Crippen LogP contribution in [0, 0.1) is 0 Å². The molecule has 1 amide bonds. The summed E-state index contributed by atoms with van der Waals surface area (Å²) in [6, 6.07) is 0. The minimum absolute atomic E-state index is 0.0419. The van der Waals surface area contributed by atoms with Crippen LogP contribution in [0.15, 0.2) is 0 Å². The number of hydrogen-bond acceptors (Lipinski definition) is 3. The van der Waals surface area contributed by atoms with Gasteiger partial charge in [0.15, 0.2) is 6.67 Å². The Morgan fingerprint density at radius 3 is 2.25 bits per heavy atom. The number of amides is 1.